The number of benzene rings is 1. The van der Waals surface area contributed by atoms with Crippen LogP contribution in [0.3, 0.4) is 0 Å². The van der Waals surface area contributed by atoms with E-state index in [1.165, 1.54) is 30.5 Å². The molecule has 92 valence electrons. The summed E-state index contributed by atoms with van der Waals surface area (Å²) < 4.78 is 18.3. The first-order valence-corrected chi connectivity index (χ1v) is 5.16. The van der Waals surface area contributed by atoms with Gasteiger partial charge in [-0.15, -0.1) is 0 Å². The Kier molecular flexibility index (Phi) is 3.43. The Labute approximate surface area is 102 Å². The molecular weight excluding hydrogens is 237 g/mol. The van der Waals surface area contributed by atoms with Crippen molar-refractivity contribution in [3.63, 3.8) is 0 Å². The van der Waals surface area contributed by atoms with Crippen molar-refractivity contribution in [3.8, 4) is 5.75 Å². The molecule has 0 saturated heterocycles. The Morgan fingerprint density at radius 1 is 1.39 bits per heavy atom. The van der Waals surface area contributed by atoms with E-state index in [1.54, 1.807) is 12.1 Å². The van der Waals surface area contributed by atoms with Gasteiger partial charge in [-0.3, -0.25) is 4.79 Å². The molecule has 0 aliphatic rings. The molecule has 0 spiro atoms. The molecule has 0 unspecified atom stereocenters. The van der Waals surface area contributed by atoms with Gasteiger partial charge in [0.25, 0.3) is 0 Å². The van der Waals surface area contributed by atoms with Crippen molar-refractivity contribution in [3.05, 3.63) is 54.2 Å². The highest BCUT2D eigenvalue weighted by Crippen LogP contribution is 2.19. The lowest BCUT2D eigenvalue weighted by Gasteiger charge is -2.03. The van der Waals surface area contributed by atoms with Crippen LogP contribution in [0, 0.1) is 5.82 Å². The standard InChI is InChI=1S/C13H10FNO3/c14-11-8-9(16)3-5-12(11)15-13(17)6-4-10-2-1-7-18-10/h1-8,16H,(H,15,17). The lowest BCUT2D eigenvalue weighted by molar-refractivity contribution is -0.111. The zero-order chi connectivity index (χ0) is 13.0. The van der Waals surface area contributed by atoms with E-state index in [0.717, 1.165) is 6.07 Å². The lowest BCUT2D eigenvalue weighted by atomic mass is 10.3. The molecule has 0 aliphatic heterocycles. The molecule has 2 rings (SSSR count). The predicted octanol–water partition coefficient (Wildman–Crippen LogP) is 2.78. The summed E-state index contributed by atoms with van der Waals surface area (Å²) >= 11 is 0. The first-order chi connectivity index (χ1) is 8.65. The summed E-state index contributed by atoms with van der Waals surface area (Å²) in [5.41, 5.74) is 0.00175. The molecule has 2 N–H and O–H groups in total. The number of hydrogen-bond donors (Lipinski definition) is 2. The van der Waals surface area contributed by atoms with Crippen LogP contribution in [0.25, 0.3) is 6.08 Å². The fourth-order valence-corrected chi connectivity index (χ4v) is 1.32. The van der Waals surface area contributed by atoms with Gasteiger partial charge in [0.1, 0.15) is 17.3 Å². The van der Waals surface area contributed by atoms with Gasteiger partial charge in [-0.05, 0) is 30.3 Å². The van der Waals surface area contributed by atoms with Crippen LogP contribution in [0.15, 0.2) is 47.1 Å². The Morgan fingerprint density at radius 2 is 2.22 bits per heavy atom. The number of halogens is 1. The molecule has 1 aromatic heterocycles. The number of carbonyl (C=O) groups is 1. The molecule has 0 aliphatic carbocycles. The highest BCUT2D eigenvalue weighted by atomic mass is 19.1. The van der Waals surface area contributed by atoms with Gasteiger partial charge in [0.15, 0.2) is 0 Å². The first-order valence-electron chi connectivity index (χ1n) is 5.16. The average molecular weight is 247 g/mol. The zero-order valence-electron chi connectivity index (χ0n) is 9.26. The number of aromatic hydroxyl groups is 1. The van der Waals surface area contributed by atoms with Gasteiger partial charge in [-0.2, -0.15) is 0 Å². The minimum atomic E-state index is -0.699. The number of anilines is 1. The smallest absolute Gasteiger partial charge is 0.248 e. The molecule has 4 nitrogen and oxygen atoms in total. The summed E-state index contributed by atoms with van der Waals surface area (Å²) in [5.74, 6) is -0.862. The molecule has 0 fully saturated rings. The van der Waals surface area contributed by atoms with E-state index in [2.05, 4.69) is 5.32 Å². The van der Waals surface area contributed by atoms with Crippen molar-refractivity contribution in [1.29, 1.82) is 0 Å². The predicted molar refractivity (Wildman–Crippen MR) is 64.4 cm³/mol. The van der Waals surface area contributed by atoms with Crippen molar-refractivity contribution >= 4 is 17.7 Å². The quantitative estimate of drug-likeness (QED) is 0.647. The second-order valence-corrected chi connectivity index (χ2v) is 3.50. The van der Waals surface area contributed by atoms with E-state index in [9.17, 15) is 9.18 Å². The van der Waals surface area contributed by atoms with Gasteiger partial charge in [0.05, 0.1) is 12.0 Å². The van der Waals surface area contributed by atoms with E-state index in [-0.39, 0.29) is 11.4 Å². The van der Waals surface area contributed by atoms with Crippen LogP contribution in [-0.4, -0.2) is 11.0 Å². The number of rotatable bonds is 3. The number of phenolic OH excluding ortho intramolecular Hbond substituents is 1. The largest absolute Gasteiger partial charge is 0.508 e. The summed E-state index contributed by atoms with van der Waals surface area (Å²) in [5, 5.41) is 11.4. The first kappa shape index (κ1) is 11.9. The van der Waals surface area contributed by atoms with Crippen LogP contribution in [0.4, 0.5) is 10.1 Å². The number of amides is 1. The molecule has 0 bridgehead atoms. The third-order valence-corrected chi connectivity index (χ3v) is 2.15. The van der Waals surface area contributed by atoms with Crippen molar-refractivity contribution < 1.29 is 18.7 Å². The van der Waals surface area contributed by atoms with Crippen molar-refractivity contribution in [2.75, 3.05) is 5.32 Å². The number of hydrogen-bond acceptors (Lipinski definition) is 3. The average Bonchev–Trinajstić information content (AvgIpc) is 2.83. The zero-order valence-corrected chi connectivity index (χ0v) is 9.26. The van der Waals surface area contributed by atoms with Gasteiger partial charge < -0.3 is 14.8 Å². The summed E-state index contributed by atoms with van der Waals surface area (Å²) in [6, 6.07) is 6.87. The van der Waals surface area contributed by atoms with E-state index >= 15 is 0 Å². The minimum Gasteiger partial charge on any atom is -0.508 e. The molecule has 1 heterocycles. The van der Waals surface area contributed by atoms with E-state index in [0.29, 0.717) is 5.76 Å². The van der Waals surface area contributed by atoms with Crippen molar-refractivity contribution in [2.45, 2.75) is 0 Å². The third-order valence-electron chi connectivity index (χ3n) is 2.15. The Balaban J connectivity index is 2.03. The number of nitrogens with one attached hydrogen (secondary N) is 1. The topological polar surface area (TPSA) is 62.5 Å². The van der Waals surface area contributed by atoms with Crippen molar-refractivity contribution in [2.24, 2.45) is 0 Å². The van der Waals surface area contributed by atoms with Crippen LogP contribution in [0.1, 0.15) is 5.76 Å². The van der Waals surface area contributed by atoms with Crippen LogP contribution >= 0.6 is 0 Å². The highest BCUT2D eigenvalue weighted by molar-refractivity contribution is 6.01. The molecule has 0 saturated carbocycles. The van der Waals surface area contributed by atoms with Gasteiger partial charge >= 0.3 is 0 Å². The van der Waals surface area contributed by atoms with E-state index < -0.39 is 11.7 Å². The third kappa shape index (κ3) is 2.98. The van der Waals surface area contributed by atoms with Crippen LogP contribution in [0.5, 0.6) is 5.75 Å². The monoisotopic (exact) mass is 247 g/mol. The highest BCUT2D eigenvalue weighted by Gasteiger charge is 2.05. The SMILES string of the molecule is O=C(C=Cc1ccco1)Nc1ccc(O)cc1F. The summed E-state index contributed by atoms with van der Waals surface area (Å²) in [4.78, 5) is 11.5. The van der Waals surface area contributed by atoms with Crippen molar-refractivity contribution in [1.82, 2.24) is 0 Å². The summed E-state index contributed by atoms with van der Waals surface area (Å²) in [6.07, 6.45) is 4.18. The van der Waals surface area contributed by atoms with Gasteiger partial charge in [-0.25, -0.2) is 4.39 Å². The van der Waals surface area contributed by atoms with Crippen LogP contribution < -0.4 is 5.32 Å². The van der Waals surface area contributed by atoms with Gasteiger partial charge in [0.2, 0.25) is 5.91 Å². The van der Waals surface area contributed by atoms with Crippen LogP contribution in [-0.2, 0) is 4.79 Å². The maximum absolute atomic E-state index is 13.3. The molecule has 5 heteroatoms. The molecule has 0 atom stereocenters. The normalized spacial score (nSPS) is 10.7. The maximum atomic E-state index is 13.3. The Morgan fingerprint density at radius 3 is 2.89 bits per heavy atom. The second-order valence-electron chi connectivity index (χ2n) is 3.50. The molecule has 2 aromatic rings. The summed E-state index contributed by atoms with van der Waals surface area (Å²) in [7, 11) is 0. The van der Waals surface area contributed by atoms with Gasteiger partial charge in [-0.1, -0.05) is 0 Å². The number of phenols is 1. The molecule has 1 amide bonds. The number of carbonyl (C=O) groups excluding carboxylic acids is 1. The van der Waals surface area contributed by atoms with Crippen LogP contribution in [0.2, 0.25) is 0 Å². The summed E-state index contributed by atoms with van der Waals surface area (Å²) in [6.45, 7) is 0. The molecule has 18 heavy (non-hydrogen) atoms. The molecule has 1 aromatic carbocycles. The second kappa shape index (κ2) is 5.18. The Bertz CT molecular complexity index is 576. The van der Waals surface area contributed by atoms with E-state index in [4.69, 9.17) is 9.52 Å². The fourth-order valence-electron chi connectivity index (χ4n) is 1.32. The maximum Gasteiger partial charge on any atom is 0.248 e. The molecular formula is C13H10FNO3. The minimum absolute atomic E-state index is 0.00175. The lowest BCUT2D eigenvalue weighted by Crippen LogP contribution is -2.08. The Hall–Kier alpha value is -2.56. The fraction of sp³-hybridized carbons (Fsp3) is 0. The van der Waals surface area contributed by atoms with Gasteiger partial charge in [0, 0.05) is 12.1 Å². The van der Waals surface area contributed by atoms with E-state index in [1.807, 2.05) is 0 Å². The number of furan rings is 1. The molecule has 0 radical (unpaired) electrons.